The first kappa shape index (κ1) is 12.6. The molecule has 20 heavy (non-hydrogen) atoms. The average Bonchev–Trinajstić information content (AvgIpc) is 2.48. The highest BCUT2D eigenvalue weighted by Crippen LogP contribution is 2.31. The number of hydrogen-bond acceptors (Lipinski definition) is 4. The lowest BCUT2D eigenvalue weighted by atomic mass is 9.97. The molecule has 0 unspecified atom stereocenters. The lowest BCUT2D eigenvalue weighted by Gasteiger charge is -2.17. The molecule has 0 aliphatic heterocycles. The molecule has 0 spiro atoms. The van der Waals surface area contributed by atoms with Gasteiger partial charge < -0.3 is 9.84 Å². The van der Waals surface area contributed by atoms with Crippen LogP contribution in [0.1, 0.15) is 34.5 Å². The highest BCUT2D eigenvalue weighted by atomic mass is 16.5. The van der Waals surface area contributed by atoms with Crippen LogP contribution in [-0.2, 0) is 12.8 Å². The fraction of sp³-hybridized carbons (Fsp3) is 0.267. The van der Waals surface area contributed by atoms with Gasteiger partial charge in [-0.25, -0.2) is 14.8 Å². The standard InChI is InChI=1S/C15H14N2O3/c18-15(19)11-6-2-4-8-13(11)20-14-10-5-1-3-7-12(10)16-9-17-14/h2,4,6,8-9H,1,3,5,7H2,(H,18,19). The molecule has 1 N–H and O–H groups in total. The van der Waals surface area contributed by atoms with E-state index < -0.39 is 5.97 Å². The summed E-state index contributed by atoms with van der Waals surface area (Å²) < 4.78 is 5.74. The molecule has 3 rings (SSSR count). The van der Waals surface area contributed by atoms with Crippen LogP contribution in [0.25, 0.3) is 0 Å². The zero-order chi connectivity index (χ0) is 13.9. The smallest absolute Gasteiger partial charge is 0.339 e. The Balaban J connectivity index is 1.98. The van der Waals surface area contributed by atoms with Crippen molar-refractivity contribution in [3.8, 4) is 11.6 Å². The summed E-state index contributed by atoms with van der Waals surface area (Å²) >= 11 is 0. The van der Waals surface area contributed by atoms with Crippen LogP contribution in [-0.4, -0.2) is 21.0 Å². The number of fused-ring (bicyclic) bond motifs is 1. The van der Waals surface area contributed by atoms with Crippen LogP contribution in [0, 0.1) is 0 Å². The van der Waals surface area contributed by atoms with Crippen molar-refractivity contribution in [3.05, 3.63) is 47.4 Å². The topological polar surface area (TPSA) is 72.3 Å². The van der Waals surface area contributed by atoms with Gasteiger partial charge in [0.2, 0.25) is 5.88 Å². The molecule has 1 aromatic heterocycles. The van der Waals surface area contributed by atoms with E-state index in [1.165, 1.54) is 12.4 Å². The lowest BCUT2D eigenvalue weighted by molar-refractivity contribution is 0.0694. The molecule has 2 aromatic rings. The molecule has 5 heteroatoms. The van der Waals surface area contributed by atoms with E-state index in [0.29, 0.717) is 11.6 Å². The summed E-state index contributed by atoms with van der Waals surface area (Å²) in [7, 11) is 0. The highest BCUT2D eigenvalue weighted by molar-refractivity contribution is 5.90. The van der Waals surface area contributed by atoms with E-state index in [2.05, 4.69) is 9.97 Å². The van der Waals surface area contributed by atoms with E-state index >= 15 is 0 Å². The maximum absolute atomic E-state index is 11.2. The van der Waals surface area contributed by atoms with E-state index in [1.807, 2.05) is 0 Å². The predicted molar refractivity (Wildman–Crippen MR) is 72.1 cm³/mol. The number of benzene rings is 1. The van der Waals surface area contributed by atoms with E-state index in [1.54, 1.807) is 18.2 Å². The number of para-hydroxylation sites is 1. The number of hydrogen-bond donors (Lipinski definition) is 1. The molecule has 0 radical (unpaired) electrons. The molecule has 102 valence electrons. The number of carboxylic acids is 1. The Hall–Kier alpha value is -2.43. The van der Waals surface area contributed by atoms with Crippen LogP contribution < -0.4 is 4.74 Å². The molecule has 0 amide bonds. The Morgan fingerprint density at radius 1 is 1.15 bits per heavy atom. The predicted octanol–water partition coefficient (Wildman–Crippen LogP) is 2.85. The van der Waals surface area contributed by atoms with Gasteiger partial charge in [0.1, 0.15) is 17.6 Å². The van der Waals surface area contributed by atoms with Crippen LogP contribution in [0.3, 0.4) is 0 Å². The van der Waals surface area contributed by atoms with Crippen LogP contribution >= 0.6 is 0 Å². The van der Waals surface area contributed by atoms with Crippen molar-refractivity contribution in [1.82, 2.24) is 9.97 Å². The van der Waals surface area contributed by atoms with Crippen LogP contribution in [0.2, 0.25) is 0 Å². The third-order valence-electron chi connectivity index (χ3n) is 3.41. The first-order chi connectivity index (χ1) is 9.75. The van der Waals surface area contributed by atoms with Crippen LogP contribution in [0.15, 0.2) is 30.6 Å². The van der Waals surface area contributed by atoms with E-state index in [0.717, 1.165) is 36.9 Å². The number of aromatic nitrogens is 2. The van der Waals surface area contributed by atoms with Gasteiger partial charge in [-0.05, 0) is 37.8 Å². The van der Waals surface area contributed by atoms with E-state index in [-0.39, 0.29) is 5.56 Å². The van der Waals surface area contributed by atoms with Gasteiger partial charge in [0.05, 0.1) is 5.69 Å². The molecule has 1 aromatic carbocycles. The second-order valence-corrected chi connectivity index (χ2v) is 4.71. The van der Waals surface area contributed by atoms with Gasteiger partial charge in [0, 0.05) is 5.56 Å². The molecule has 0 atom stereocenters. The number of carboxylic acid groups (broad SMARTS) is 1. The summed E-state index contributed by atoms with van der Waals surface area (Å²) in [5.41, 5.74) is 2.14. The maximum Gasteiger partial charge on any atom is 0.339 e. The minimum Gasteiger partial charge on any atom is -0.478 e. The molecular formula is C15H14N2O3. The number of ether oxygens (including phenoxy) is 1. The lowest BCUT2D eigenvalue weighted by Crippen LogP contribution is -2.09. The van der Waals surface area contributed by atoms with Crippen molar-refractivity contribution in [2.24, 2.45) is 0 Å². The Morgan fingerprint density at radius 2 is 1.95 bits per heavy atom. The first-order valence-corrected chi connectivity index (χ1v) is 6.58. The third kappa shape index (κ3) is 2.34. The minimum absolute atomic E-state index is 0.135. The number of aromatic carboxylic acids is 1. The Labute approximate surface area is 116 Å². The number of aryl methyl sites for hydroxylation is 1. The van der Waals surface area contributed by atoms with Gasteiger partial charge in [0.25, 0.3) is 0 Å². The monoisotopic (exact) mass is 270 g/mol. The SMILES string of the molecule is O=C(O)c1ccccc1Oc1ncnc2c1CCCC2. The summed E-state index contributed by atoms with van der Waals surface area (Å²) in [6, 6.07) is 6.58. The fourth-order valence-electron chi connectivity index (χ4n) is 2.42. The zero-order valence-electron chi connectivity index (χ0n) is 10.9. The molecule has 1 aliphatic carbocycles. The van der Waals surface area contributed by atoms with Gasteiger partial charge in [-0.15, -0.1) is 0 Å². The quantitative estimate of drug-likeness (QED) is 0.928. The number of carbonyl (C=O) groups is 1. The normalized spacial score (nSPS) is 13.6. The molecule has 0 saturated carbocycles. The van der Waals surface area contributed by atoms with E-state index in [4.69, 9.17) is 9.84 Å². The Kier molecular flexibility index (Phi) is 3.33. The largest absolute Gasteiger partial charge is 0.478 e. The summed E-state index contributed by atoms with van der Waals surface area (Å²) in [6.07, 6.45) is 5.48. The molecule has 1 aliphatic rings. The van der Waals surface area contributed by atoms with Crippen molar-refractivity contribution in [2.45, 2.75) is 25.7 Å². The van der Waals surface area contributed by atoms with Gasteiger partial charge >= 0.3 is 5.97 Å². The summed E-state index contributed by atoms with van der Waals surface area (Å²) in [5.74, 6) is -0.224. The van der Waals surface area contributed by atoms with Gasteiger partial charge in [0.15, 0.2) is 0 Å². The third-order valence-corrected chi connectivity index (χ3v) is 3.41. The summed E-state index contributed by atoms with van der Waals surface area (Å²) in [4.78, 5) is 19.6. The molecule has 0 fully saturated rings. The van der Waals surface area contributed by atoms with Crippen LogP contribution in [0.5, 0.6) is 11.6 Å². The van der Waals surface area contributed by atoms with Gasteiger partial charge in [-0.3, -0.25) is 0 Å². The second kappa shape index (κ2) is 5.28. The van der Waals surface area contributed by atoms with Crippen molar-refractivity contribution in [1.29, 1.82) is 0 Å². The molecular weight excluding hydrogens is 256 g/mol. The number of nitrogens with zero attached hydrogens (tertiary/aromatic N) is 2. The highest BCUT2D eigenvalue weighted by Gasteiger charge is 2.19. The molecule has 0 bridgehead atoms. The molecule has 1 heterocycles. The van der Waals surface area contributed by atoms with Gasteiger partial charge in [-0.2, -0.15) is 0 Å². The zero-order valence-corrected chi connectivity index (χ0v) is 10.9. The summed E-state index contributed by atoms with van der Waals surface area (Å²) in [5, 5.41) is 9.17. The number of rotatable bonds is 3. The Bertz CT molecular complexity index is 655. The fourth-order valence-corrected chi connectivity index (χ4v) is 2.42. The minimum atomic E-state index is -1.01. The van der Waals surface area contributed by atoms with Crippen molar-refractivity contribution >= 4 is 5.97 Å². The van der Waals surface area contributed by atoms with Crippen molar-refractivity contribution < 1.29 is 14.6 Å². The van der Waals surface area contributed by atoms with Crippen molar-refractivity contribution in [3.63, 3.8) is 0 Å². The average molecular weight is 270 g/mol. The first-order valence-electron chi connectivity index (χ1n) is 6.58. The Morgan fingerprint density at radius 3 is 2.80 bits per heavy atom. The van der Waals surface area contributed by atoms with E-state index in [9.17, 15) is 4.79 Å². The second-order valence-electron chi connectivity index (χ2n) is 4.71. The van der Waals surface area contributed by atoms with Crippen LogP contribution in [0.4, 0.5) is 0 Å². The molecule has 5 nitrogen and oxygen atoms in total. The molecule has 0 saturated heterocycles. The summed E-state index contributed by atoms with van der Waals surface area (Å²) in [6.45, 7) is 0. The van der Waals surface area contributed by atoms with Gasteiger partial charge in [-0.1, -0.05) is 12.1 Å². The van der Waals surface area contributed by atoms with Crippen molar-refractivity contribution in [2.75, 3.05) is 0 Å². The maximum atomic E-state index is 11.2.